The fraction of sp³-hybridized carbons (Fsp3) is 0.571. The average molecular weight is 429 g/mol. The molecular formula is C28H41ClO. The Morgan fingerprint density at radius 1 is 0.467 bits per heavy atom. The molecule has 2 heteroatoms. The van der Waals surface area contributed by atoms with E-state index in [9.17, 15) is 5.11 Å². The fourth-order valence-electron chi connectivity index (χ4n) is 4.06. The zero-order chi connectivity index (χ0) is 21.3. The summed E-state index contributed by atoms with van der Waals surface area (Å²) in [4.78, 5) is 0. The standard InChI is InChI=1S/C28H41ClO/c29-24-14-12-10-8-6-4-2-1-3-5-7-9-11-13-15-25-16-18-26(19-17-25)27-20-22-28(30)23-21-27/h16-23,30H,1-15,24H2. The molecule has 0 spiro atoms. The van der Waals surface area contributed by atoms with Gasteiger partial charge in [-0.25, -0.2) is 0 Å². The van der Waals surface area contributed by atoms with Crippen LogP contribution in [0.4, 0.5) is 0 Å². The van der Waals surface area contributed by atoms with Crippen molar-refractivity contribution in [3.63, 3.8) is 0 Å². The number of alkyl halides is 1. The summed E-state index contributed by atoms with van der Waals surface area (Å²) in [5.41, 5.74) is 3.80. The molecule has 0 aliphatic heterocycles. The quantitative estimate of drug-likeness (QED) is 0.196. The molecule has 0 aliphatic carbocycles. The van der Waals surface area contributed by atoms with Crippen molar-refractivity contribution in [2.24, 2.45) is 0 Å². The highest BCUT2D eigenvalue weighted by Gasteiger charge is 2.00. The predicted molar refractivity (Wildman–Crippen MR) is 133 cm³/mol. The van der Waals surface area contributed by atoms with Crippen molar-refractivity contribution in [1.29, 1.82) is 0 Å². The zero-order valence-electron chi connectivity index (χ0n) is 18.8. The number of hydrogen-bond donors (Lipinski definition) is 1. The van der Waals surface area contributed by atoms with E-state index in [0.717, 1.165) is 11.4 Å². The first kappa shape index (κ1) is 24.8. The Labute approximate surface area is 189 Å². The van der Waals surface area contributed by atoms with E-state index in [1.165, 1.54) is 107 Å². The van der Waals surface area contributed by atoms with Crippen molar-refractivity contribution in [3.05, 3.63) is 54.1 Å². The van der Waals surface area contributed by atoms with E-state index in [1.54, 1.807) is 12.1 Å². The van der Waals surface area contributed by atoms with Gasteiger partial charge < -0.3 is 5.11 Å². The van der Waals surface area contributed by atoms with Crippen molar-refractivity contribution in [2.45, 2.75) is 96.3 Å². The highest BCUT2D eigenvalue weighted by Crippen LogP contribution is 2.23. The van der Waals surface area contributed by atoms with Gasteiger partial charge in [0.05, 0.1) is 0 Å². The number of aromatic hydroxyl groups is 1. The molecule has 1 N–H and O–H groups in total. The second-order valence-electron chi connectivity index (χ2n) is 8.63. The van der Waals surface area contributed by atoms with Gasteiger partial charge in [0, 0.05) is 5.88 Å². The molecule has 0 atom stereocenters. The molecule has 0 unspecified atom stereocenters. The normalized spacial score (nSPS) is 11.1. The van der Waals surface area contributed by atoms with Gasteiger partial charge in [-0.05, 0) is 48.1 Å². The highest BCUT2D eigenvalue weighted by atomic mass is 35.5. The Hall–Kier alpha value is -1.47. The Morgan fingerprint density at radius 2 is 0.833 bits per heavy atom. The Balaban J connectivity index is 1.41. The summed E-state index contributed by atoms with van der Waals surface area (Å²) in [5.74, 6) is 1.15. The smallest absolute Gasteiger partial charge is 0.115 e. The molecule has 0 saturated heterocycles. The van der Waals surface area contributed by atoms with Crippen LogP contribution in [0, 0.1) is 0 Å². The monoisotopic (exact) mass is 428 g/mol. The molecule has 0 fully saturated rings. The third kappa shape index (κ3) is 11.1. The topological polar surface area (TPSA) is 20.2 Å². The maximum atomic E-state index is 9.41. The minimum absolute atomic E-state index is 0.319. The lowest BCUT2D eigenvalue weighted by Crippen LogP contribution is -1.87. The van der Waals surface area contributed by atoms with E-state index in [0.29, 0.717) is 5.75 Å². The van der Waals surface area contributed by atoms with Crippen LogP contribution in [0.2, 0.25) is 0 Å². The van der Waals surface area contributed by atoms with Crippen LogP contribution >= 0.6 is 11.6 Å². The second kappa shape index (κ2) is 16.3. The van der Waals surface area contributed by atoms with Gasteiger partial charge in [0.2, 0.25) is 0 Å². The maximum Gasteiger partial charge on any atom is 0.115 e. The van der Waals surface area contributed by atoms with Crippen LogP contribution in [0.5, 0.6) is 5.75 Å². The van der Waals surface area contributed by atoms with Gasteiger partial charge in [-0.3, -0.25) is 0 Å². The minimum Gasteiger partial charge on any atom is -0.508 e. The van der Waals surface area contributed by atoms with Crippen LogP contribution in [-0.2, 0) is 6.42 Å². The van der Waals surface area contributed by atoms with E-state index in [1.807, 2.05) is 12.1 Å². The first-order valence-electron chi connectivity index (χ1n) is 12.2. The van der Waals surface area contributed by atoms with Crippen LogP contribution in [0.3, 0.4) is 0 Å². The molecule has 1 nitrogen and oxygen atoms in total. The molecule has 166 valence electrons. The van der Waals surface area contributed by atoms with Crippen LogP contribution in [0.1, 0.15) is 95.5 Å². The van der Waals surface area contributed by atoms with Crippen LogP contribution in [0.25, 0.3) is 11.1 Å². The number of phenols is 1. The molecule has 2 aromatic carbocycles. The van der Waals surface area contributed by atoms with Gasteiger partial charge in [0.1, 0.15) is 5.75 Å². The zero-order valence-corrected chi connectivity index (χ0v) is 19.5. The first-order valence-corrected chi connectivity index (χ1v) is 12.8. The molecule has 30 heavy (non-hydrogen) atoms. The molecule has 0 aliphatic rings. The molecule has 0 bridgehead atoms. The molecule has 0 saturated carbocycles. The summed E-state index contributed by atoms with van der Waals surface area (Å²) in [6, 6.07) is 16.3. The van der Waals surface area contributed by atoms with Crippen molar-refractivity contribution in [2.75, 3.05) is 5.88 Å². The highest BCUT2D eigenvalue weighted by molar-refractivity contribution is 6.17. The lowest BCUT2D eigenvalue weighted by atomic mass is 10.0. The largest absolute Gasteiger partial charge is 0.508 e. The van der Waals surface area contributed by atoms with Crippen molar-refractivity contribution >= 4 is 11.6 Å². The average Bonchev–Trinajstić information content (AvgIpc) is 2.77. The van der Waals surface area contributed by atoms with E-state index in [4.69, 9.17) is 11.6 Å². The third-order valence-corrected chi connectivity index (χ3v) is 6.27. The number of rotatable bonds is 17. The summed E-state index contributed by atoms with van der Waals surface area (Å²) < 4.78 is 0. The van der Waals surface area contributed by atoms with Crippen LogP contribution < -0.4 is 0 Å². The lowest BCUT2D eigenvalue weighted by molar-refractivity contribution is 0.475. The molecule has 0 radical (unpaired) electrons. The Bertz CT molecular complexity index is 647. The van der Waals surface area contributed by atoms with E-state index in [-0.39, 0.29) is 0 Å². The second-order valence-corrected chi connectivity index (χ2v) is 9.01. The fourth-order valence-corrected chi connectivity index (χ4v) is 4.25. The number of aryl methyl sites for hydroxylation is 1. The van der Waals surface area contributed by atoms with Gasteiger partial charge in [-0.2, -0.15) is 0 Å². The number of hydrogen-bond acceptors (Lipinski definition) is 1. The van der Waals surface area contributed by atoms with E-state index in [2.05, 4.69) is 24.3 Å². The van der Waals surface area contributed by atoms with Crippen molar-refractivity contribution in [3.8, 4) is 16.9 Å². The summed E-state index contributed by atoms with van der Waals surface area (Å²) in [7, 11) is 0. The van der Waals surface area contributed by atoms with Gasteiger partial charge in [0.15, 0.2) is 0 Å². The van der Waals surface area contributed by atoms with E-state index >= 15 is 0 Å². The van der Waals surface area contributed by atoms with Gasteiger partial charge in [-0.15, -0.1) is 11.6 Å². The van der Waals surface area contributed by atoms with Gasteiger partial charge in [0.25, 0.3) is 0 Å². The molecular weight excluding hydrogens is 388 g/mol. The predicted octanol–water partition coefficient (Wildman–Crippen LogP) is 9.30. The number of halogens is 1. The minimum atomic E-state index is 0.319. The molecule has 0 amide bonds. The molecule has 0 aromatic heterocycles. The molecule has 2 aromatic rings. The third-order valence-electron chi connectivity index (χ3n) is 6.00. The number of benzene rings is 2. The number of phenolic OH excluding ortho intramolecular Hbond substituents is 1. The van der Waals surface area contributed by atoms with Crippen molar-refractivity contribution < 1.29 is 5.11 Å². The SMILES string of the molecule is Oc1ccc(-c2ccc(CCCCCCCCCCCCCCCCCl)cc2)cc1. The Morgan fingerprint density at radius 3 is 1.27 bits per heavy atom. The van der Waals surface area contributed by atoms with Gasteiger partial charge in [-0.1, -0.05) is 113 Å². The lowest BCUT2D eigenvalue weighted by Gasteiger charge is -2.06. The molecule has 2 rings (SSSR count). The van der Waals surface area contributed by atoms with Crippen LogP contribution in [0.15, 0.2) is 48.5 Å². The number of unbranched alkanes of at least 4 members (excludes halogenated alkanes) is 13. The van der Waals surface area contributed by atoms with Gasteiger partial charge >= 0.3 is 0 Å². The summed E-state index contributed by atoms with van der Waals surface area (Å²) in [6.07, 6.45) is 20.4. The summed E-state index contributed by atoms with van der Waals surface area (Å²) in [6.45, 7) is 0. The van der Waals surface area contributed by atoms with E-state index < -0.39 is 0 Å². The molecule has 0 heterocycles. The summed E-state index contributed by atoms with van der Waals surface area (Å²) in [5, 5.41) is 9.41. The van der Waals surface area contributed by atoms with Crippen molar-refractivity contribution in [1.82, 2.24) is 0 Å². The van der Waals surface area contributed by atoms with Crippen LogP contribution in [-0.4, -0.2) is 11.0 Å². The summed E-state index contributed by atoms with van der Waals surface area (Å²) >= 11 is 5.70. The first-order chi connectivity index (χ1) is 14.8. The Kier molecular flexibility index (Phi) is 13.4. The maximum absolute atomic E-state index is 9.41.